The van der Waals surface area contributed by atoms with Crippen molar-refractivity contribution in [1.82, 2.24) is 14.9 Å². The van der Waals surface area contributed by atoms with Crippen LogP contribution in [-0.4, -0.2) is 45.4 Å². The van der Waals surface area contributed by atoms with Crippen LogP contribution in [0.15, 0.2) is 42.6 Å². The summed E-state index contributed by atoms with van der Waals surface area (Å²) >= 11 is 1.21. The van der Waals surface area contributed by atoms with Crippen LogP contribution >= 0.6 is 11.3 Å². The third-order valence-electron chi connectivity index (χ3n) is 6.77. The number of ether oxygens (including phenoxy) is 1. The zero-order valence-electron chi connectivity index (χ0n) is 19.6. The molecule has 5 rings (SSSR count). The van der Waals surface area contributed by atoms with Gasteiger partial charge in [0.2, 0.25) is 0 Å². The van der Waals surface area contributed by atoms with E-state index in [-0.39, 0.29) is 23.2 Å². The highest BCUT2D eigenvalue weighted by Gasteiger charge is 2.40. The molecule has 2 aromatic heterocycles. The maximum absolute atomic E-state index is 13.7. The largest absolute Gasteiger partial charge is 0.487 e. The van der Waals surface area contributed by atoms with Crippen LogP contribution in [0.4, 0.5) is 14.3 Å². The van der Waals surface area contributed by atoms with Crippen molar-refractivity contribution < 1.29 is 18.7 Å². The predicted octanol–water partition coefficient (Wildman–Crippen LogP) is 5.19. The molecule has 9 heteroatoms. The second kappa shape index (κ2) is 9.73. The number of rotatable bonds is 5. The molecule has 0 unspecified atom stereocenters. The number of anilines is 1. The molecule has 1 aromatic carbocycles. The molecule has 1 spiro atoms. The van der Waals surface area contributed by atoms with E-state index in [1.807, 2.05) is 18.2 Å². The minimum absolute atomic E-state index is 0.00256. The number of aryl methyl sites for hydroxylation is 3. The molecule has 1 fully saturated rings. The number of nitrogens with one attached hydrogen (secondary N) is 1. The van der Waals surface area contributed by atoms with Gasteiger partial charge in [-0.15, -0.1) is 0 Å². The molecule has 182 valence electrons. The summed E-state index contributed by atoms with van der Waals surface area (Å²) in [5.41, 5.74) is 2.16. The van der Waals surface area contributed by atoms with Crippen LogP contribution in [0.3, 0.4) is 0 Å². The molecule has 0 aliphatic carbocycles. The molecule has 4 heterocycles. The Morgan fingerprint density at radius 3 is 2.80 bits per heavy atom. The SMILES string of the molecule is Cc1nc(NC(=O)N2CCC3(CCc4ccc(F)cc4O3)CC2)sc1C(=O)CCc1ccccn1. The molecular weight excluding hydrogens is 467 g/mol. The number of ketones is 1. The summed E-state index contributed by atoms with van der Waals surface area (Å²) < 4.78 is 19.9. The molecule has 35 heavy (non-hydrogen) atoms. The van der Waals surface area contributed by atoms with Gasteiger partial charge >= 0.3 is 6.03 Å². The van der Waals surface area contributed by atoms with Gasteiger partial charge in [0, 0.05) is 50.3 Å². The minimum atomic E-state index is -0.359. The zero-order valence-corrected chi connectivity index (χ0v) is 20.4. The lowest BCUT2D eigenvalue weighted by molar-refractivity contribution is -0.00460. The number of hydrogen-bond acceptors (Lipinski definition) is 6. The van der Waals surface area contributed by atoms with E-state index in [0.717, 1.165) is 24.1 Å². The van der Waals surface area contributed by atoms with E-state index in [4.69, 9.17) is 4.74 Å². The summed E-state index contributed by atoms with van der Waals surface area (Å²) in [6.45, 7) is 2.86. The van der Waals surface area contributed by atoms with Gasteiger partial charge in [-0.25, -0.2) is 14.2 Å². The van der Waals surface area contributed by atoms with Crippen LogP contribution in [0.2, 0.25) is 0 Å². The molecule has 3 aromatic rings. The number of urea groups is 1. The molecular formula is C26H27FN4O3S. The minimum Gasteiger partial charge on any atom is -0.487 e. The summed E-state index contributed by atoms with van der Waals surface area (Å²) in [7, 11) is 0. The van der Waals surface area contributed by atoms with E-state index < -0.39 is 0 Å². The van der Waals surface area contributed by atoms with Crippen LogP contribution in [0, 0.1) is 12.7 Å². The maximum atomic E-state index is 13.7. The zero-order chi connectivity index (χ0) is 24.4. The van der Waals surface area contributed by atoms with Crippen molar-refractivity contribution in [2.45, 2.75) is 51.0 Å². The molecule has 0 bridgehead atoms. The average molecular weight is 495 g/mol. The molecule has 2 amide bonds. The highest BCUT2D eigenvalue weighted by molar-refractivity contribution is 7.17. The van der Waals surface area contributed by atoms with Crippen LogP contribution in [-0.2, 0) is 12.8 Å². The van der Waals surface area contributed by atoms with Crippen LogP contribution in [0.1, 0.15) is 52.3 Å². The quantitative estimate of drug-likeness (QED) is 0.494. The molecule has 0 radical (unpaired) electrons. The fourth-order valence-corrected chi connectivity index (χ4v) is 5.65. The van der Waals surface area contributed by atoms with Crippen LogP contribution < -0.4 is 10.1 Å². The molecule has 1 N–H and O–H groups in total. The standard InChI is InChI=1S/C26H27FN4O3S/c1-17-23(21(32)8-7-20-4-2-3-13-28-20)35-24(29-17)30-25(33)31-14-11-26(12-15-31)10-9-18-5-6-19(27)16-22(18)34-26/h2-6,13,16H,7-12,14-15H2,1H3,(H,29,30,33). The summed E-state index contributed by atoms with van der Waals surface area (Å²) in [6, 6.07) is 10.1. The number of benzene rings is 1. The molecule has 7 nitrogen and oxygen atoms in total. The van der Waals surface area contributed by atoms with E-state index in [0.29, 0.717) is 60.2 Å². The normalized spacial score (nSPS) is 16.5. The number of aromatic nitrogens is 2. The van der Waals surface area contributed by atoms with E-state index in [1.165, 1.54) is 23.5 Å². The lowest BCUT2D eigenvalue weighted by Gasteiger charge is -2.44. The third kappa shape index (κ3) is 5.19. The Hall–Kier alpha value is -3.33. The topological polar surface area (TPSA) is 84.4 Å². The Morgan fingerprint density at radius 1 is 1.20 bits per heavy atom. The van der Waals surface area contributed by atoms with Crippen molar-refractivity contribution >= 4 is 28.3 Å². The van der Waals surface area contributed by atoms with E-state index >= 15 is 0 Å². The van der Waals surface area contributed by atoms with Crippen molar-refractivity contribution in [3.05, 3.63) is 70.2 Å². The first kappa shape index (κ1) is 23.4. The summed E-state index contributed by atoms with van der Waals surface area (Å²) in [6.07, 6.45) is 5.69. The van der Waals surface area contributed by atoms with Gasteiger partial charge in [0.15, 0.2) is 10.9 Å². The number of hydrogen-bond donors (Lipinski definition) is 1. The summed E-state index contributed by atoms with van der Waals surface area (Å²) in [4.78, 5) is 36.6. The van der Waals surface area contributed by atoms with E-state index in [1.54, 1.807) is 24.1 Å². The van der Waals surface area contributed by atoms with Crippen molar-refractivity contribution in [2.75, 3.05) is 18.4 Å². The molecule has 2 aliphatic rings. The van der Waals surface area contributed by atoms with Gasteiger partial charge in [-0.2, -0.15) is 0 Å². The fraction of sp³-hybridized carbons (Fsp3) is 0.385. The Balaban J connectivity index is 1.16. The van der Waals surface area contributed by atoms with Gasteiger partial charge in [0.05, 0.1) is 10.6 Å². The lowest BCUT2D eigenvalue weighted by Crippen LogP contribution is -2.52. The molecule has 0 atom stereocenters. The smallest absolute Gasteiger partial charge is 0.323 e. The van der Waals surface area contributed by atoms with Gasteiger partial charge in [-0.1, -0.05) is 23.5 Å². The van der Waals surface area contributed by atoms with Crippen LogP contribution in [0.25, 0.3) is 0 Å². The van der Waals surface area contributed by atoms with Crippen LogP contribution in [0.5, 0.6) is 5.75 Å². The number of amides is 2. The summed E-state index contributed by atoms with van der Waals surface area (Å²) in [5.74, 6) is 0.316. The number of likely N-dealkylation sites (tertiary alicyclic amines) is 1. The Kier molecular flexibility index (Phi) is 6.51. The summed E-state index contributed by atoms with van der Waals surface area (Å²) in [5, 5.41) is 3.28. The highest BCUT2D eigenvalue weighted by Crippen LogP contribution is 2.39. The number of halogens is 1. The monoisotopic (exact) mass is 494 g/mol. The number of carbonyl (C=O) groups excluding carboxylic acids is 2. The number of fused-ring (bicyclic) bond motifs is 1. The van der Waals surface area contributed by atoms with Gasteiger partial charge in [-0.3, -0.25) is 15.1 Å². The second-order valence-corrected chi connectivity index (χ2v) is 10.1. The Morgan fingerprint density at radius 2 is 2.03 bits per heavy atom. The maximum Gasteiger partial charge on any atom is 0.323 e. The Labute approximate surface area is 207 Å². The van der Waals surface area contributed by atoms with Crippen molar-refractivity contribution in [3.8, 4) is 5.75 Å². The van der Waals surface area contributed by atoms with Crippen molar-refractivity contribution in [1.29, 1.82) is 0 Å². The van der Waals surface area contributed by atoms with Gasteiger partial charge < -0.3 is 9.64 Å². The first-order chi connectivity index (χ1) is 16.9. The first-order valence-corrected chi connectivity index (χ1v) is 12.7. The number of nitrogens with zero attached hydrogens (tertiary/aromatic N) is 3. The number of piperidine rings is 1. The van der Waals surface area contributed by atoms with E-state index in [9.17, 15) is 14.0 Å². The molecule has 1 saturated heterocycles. The van der Waals surface area contributed by atoms with Crippen molar-refractivity contribution in [3.63, 3.8) is 0 Å². The highest BCUT2D eigenvalue weighted by atomic mass is 32.1. The fourth-order valence-electron chi connectivity index (χ4n) is 4.73. The van der Waals surface area contributed by atoms with Gasteiger partial charge in [0.1, 0.15) is 17.2 Å². The van der Waals surface area contributed by atoms with Gasteiger partial charge in [-0.05, 0) is 49.9 Å². The Bertz CT molecular complexity index is 1240. The van der Waals surface area contributed by atoms with Gasteiger partial charge in [0.25, 0.3) is 0 Å². The van der Waals surface area contributed by atoms with Crippen molar-refractivity contribution in [2.24, 2.45) is 0 Å². The number of carbonyl (C=O) groups is 2. The second-order valence-electron chi connectivity index (χ2n) is 9.13. The lowest BCUT2D eigenvalue weighted by atomic mass is 9.83. The van der Waals surface area contributed by atoms with E-state index in [2.05, 4.69) is 15.3 Å². The molecule has 2 aliphatic heterocycles. The molecule has 0 saturated carbocycles. The third-order valence-corrected chi connectivity index (χ3v) is 7.88. The number of Topliss-reactive ketones (excluding diaryl/α,β-unsaturated/α-hetero) is 1. The first-order valence-electron chi connectivity index (χ1n) is 11.8. The average Bonchev–Trinajstić information content (AvgIpc) is 3.23. The number of thiazole rings is 1. The predicted molar refractivity (Wildman–Crippen MR) is 132 cm³/mol. The number of pyridine rings is 1.